The van der Waals surface area contributed by atoms with Crippen LogP contribution in [0.3, 0.4) is 0 Å². The highest BCUT2D eigenvalue weighted by Crippen LogP contribution is 2.32. The predicted octanol–water partition coefficient (Wildman–Crippen LogP) is 3.86. The summed E-state index contributed by atoms with van der Waals surface area (Å²) >= 11 is 0. The zero-order chi connectivity index (χ0) is 17.1. The molecule has 1 saturated heterocycles. The van der Waals surface area contributed by atoms with Gasteiger partial charge in [0.2, 0.25) is 0 Å². The van der Waals surface area contributed by atoms with E-state index in [0.29, 0.717) is 5.92 Å². The van der Waals surface area contributed by atoms with Gasteiger partial charge >= 0.3 is 0 Å². The fraction of sp³-hybridized carbons (Fsp3) is 0.333. The van der Waals surface area contributed by atoms with Crippen molar-refractivity contribution in [3.8, 4) is 6.07 Å². The Balaban J connectivity index is 1.34. The highest BCUT2D eigenvalue weighted by Gasteiger charge is 2.22. The average molecular weight is 330 g/mol. The largest absolute Gasteiger partial charge is 0.360 e. The summed E-state index contributed by atoms with van der Waals surface area (Å²) in [6.45, 7) is 3.35. The molecule has 4 rings (SSSR count). The Kier molecular flexibility index (Phi) is 4.49. The normalized spacial score (nSPS) is 16.1. The number of benzene rings is 1. The molecule has 1 fully saturated rings. The molecule has 0 aliphatic carbocycles. The van der Waals surface area contributed by atoms with Crippen LogP contribution in [0.15, 0.2) is 48.9 Å². The van der Waals surface area contributed by atoms with Crippen molar-refractivity contribution in [2.75, 3.05) is 19.6 Å². The van der Waals surface area contributed by atoms with Crippen LogP contribution in [0.1, 0.15) is 35.4 Å². The lowest BCUT2D eigenvalue weighted by molar-refractivity contribution is 0.215. The van der Waals surface area contributed by atoms with Crippen LogP contribution < -0.4 is 0 Å². The number of hydrogen-bond donors (Lipinski definition) is 1. The average Bonchev–Trinajstić information content (AvgIpc) is 3.11. The summed E-state index contributed by atoms with van der Waals surface area (Å²) in [7, 11) is 0. The molecular weight excluding hydrogens is 308 g/mol. The number of H-pyrrole nitrogens is 1. The summed E-state index contributed by atoms with van der Waals surface area (Å²) in [6.07, 6.45) is 9.37. The van der Waals surface area contributed by atoms with Gasteiger partial charge in [-0.2, -0.15) is 5.26 Å². The SMILES string of the molecule is N#Cc1cccc(CCN2CCC(c3c[nH]c4cnccc34)CC2)c1. The zero-order valence-electron chi connectivity index (χ0n) is 14.3. The van der Waals surface area contributed by atoms with Crippen molar-refractivity contribution in [1.29, 1.82) is 5.26 Å². The van der Waals surface area contributed by atoms with Gasteiger partial charge in [0.15, 0.2) is 0 Å². The molecule has 126 valence electrons. The number of nitrogens with zero attached hydrogens (tertiary/aromatic N) is 3. The lowest BCUT2D eigenvalue weighted by Gasteiger charge is -2.32. The first kappa shape index (κ1) is 15.9. The molecule has 0 bridgehead atoms. The quantitative estimate of drug-likeness (QED) is 0.790. The molecule has 1 aromatic carbocycles. The monoisotopic (exact) mass is 330 g/mol. The molecule has 3 aromatic rings. The summed E-state index contributed by atoms with van der Waals surface area (Å²) in [6, 6.07) is 12.3. The Labute approximate surface area is 148 Å². The number of likely N-dealkylation sites (tertiary alicyclic amines) is 1. The van der Waals surface area contributed by atoms with Crippen LogP contribution in [-0.4, -0.2) is 34.5 Å². The second-order valence-electron chi connectivity index (χ2n) is 6.84. The number of rotatable bonds is 4. The van der Waals surface area contributed by atoms with Gasteiger partial charge in [0.1, 0.15) is 0 Å². The van der Waals surface area contributed by atoms with Crippen molar-refractivity contribution < 1.29 is 0 Å². The summed E-state index contributed by atoms with van der Waals surface area (Å²) in [5, 5.41) is 10.3. The third-order valence-corrected chi connectivity index (χ3v) is 5.32. The highest BCUT2D eigenvalue weighted by molar-refractivity contribution is 5.82. The number of piperidine rings is 1. The van der Waals surface area contributed by atoms with Crippen LogP contribution >= 0.6 is 0 Å². The number of aromatic nitrogens is 2. The third kappa shape index (κ3) is 3.42. The van der Waals surface area contributed by atoms with Crippen LogP contribution in [0.4, 0.5) is 0 Å². The smallest absolute Gasteiger partial charge is 0.0991 e. The lowest BCUT2D eigenvalue weighted by Crippen LogP contribution is -2.34. The van der Waals surface area contributed by atoms with E-state index in [9.17, 15) is 0 Å². The minimum Gasteiger partial charge on any atom is -0.360 e. The van der Waals surface area contributed by atoms with Gasteiger partial charge in [0.05, 0.1) is 23.3 Å². The van der Waals surface area contributed by atoms with Crippen molar-refractivity contribution in [2.45, 2.75) is 25.2 Å². The minimum atomic E-state index is 0.634. The first-order chi connectivity index (χ1) is 12.3. The molecule has 0 radical (unpaired) electrons. The maximum Gasteiger partial charge on any atom is 0.0991 e. The topological polar surface area (TPSA) is 55.7 Å². The Bertz CT molecular complexity index is 897. The van der Waals surface area contributed by atoms with Crippen molar-refractivity contribution in [2.24, 2.45) is 0 Å². The summed E-state index contributed by atoms with van der Waals surface area (Å²) in [5.41, 5.74) is 4.59. The summed E-state index contributed by atoms with van der Waals surface area (Å²) in [5.74, 6) is 0.634. The Morgan fingerprint density at radius 3 is 2.96 bits per heavy atom. The lowest BCUT2D eigenvalue weighted by atomic mass is 9.89. The number of hydrogen-bond acceptors (Lipinski definition) is 3. The van der Waals surface area contributed by atoms with Crippen LogP contribution in [-0.2, 0) is 6.42 Å². The number of aromatic amines is 1. The molecule has 0 unspecified atom stereocenters. The van der Waals surface area contributed by atoms with Gasteiger partial charge in [0.25, 0.3) is 0 Å². The Morgan fingerprint density at radius 1 is 1.24 bits per heavy atom. The van der Waals surface area contributed by atoms with E-state index in [1.807, 2.05) is 30.6 Å². The van der Waals surface area contributed by atoms with Gasteiger partial charge in [-0.1, -0.05) is 12.1 Å². The van der Waals surface area contributed by atoms with Gasteiger partial charge in [-0.05, 0) is 67.6 Å². The molecule has 1 aliphatic heterocycles. The van der Waals surface area contributed by atoms with Crippen molar-refractivity contribution in [3.05, 3.63) is 65.6 Å². The zero-order valence-corrected chi connectivity index (χ0v) is 14.3. The number of nitrogens with one attached hydrogen (secondary N) is 1. The first-order valence-electron chi connectivity index (χ1n) is 8.96. The van der Waals surface area contributed by atoms with Crippen molar-refractivity contribution >= 4 is 10.9 Å². The molecule has 0 amide bonds. The Hall–Kier alpha value is -2.64. The third-order valence-electron chi connectivity index (χ3n) is 5.32. The van der Waals surface area contributed by atoms with Gasteiger partial charge in [-0.15, -0.1) is 0 Å². The van der Waals surface area contributed by atoms with Crippen LogP contribution in [0, 0.1) is 11.3 Å². The van der Waals surface area contributed by atoms with Crippen molar-refractivity contribution in [3.63, 3.8) is 0 Å². The molecule has 0 saturated carbocycles. The van der Waals surface area contributed by atoms with Crippen LogP contribution in [0.25, 0.3) is 10.9 Å². The van der Waals surface area contributed by atoms with E-state index >= 15 is 0 Å². The molecule has 25 heavy (non-hydrogen) atoms. The fourth-order valence-corrected chi connectivity index (χ4v) is 3.88. The van der Waals surface area contributed by atoms with E-state index in [0.717, 1.165) is 37.1 Å². The molecule has 0 spiro atoms. The second kappa shape index (κ2) is 7.08. The van der Waals surface area contributed by atoms with E-state index in [1.165, 1.54) is 29.4 Å². The van der Waals surface area contributed by atoms with Crippen LogP contribution in [0.2, 0.25) is 0 Å². The molecule has 0 atom stereocenters. The minimum absolute atomic E-state index is 0.634. The van der Waals surface area contributed by atoms with Gasteiger partial charge in [-0.3, -0.25) is 4.98 Å². The molecule has 2 aromatic heterocycles. The molecule has 3 heterocycles. The standard InChI is InChI=1S/C21H22N4/c22-13-17-3-1-2-16(12-17)5-9-25-10-6-18(7-11-25)20-14-24-21-15-23-8-4-19(20)21/h1-4,8,12,14-15,18,24H,5-7,9-11H2. The van der Waals surface area contributed by atoms with E-state index < -0.39 is 0 Å². The van der Waals surface area contributed by atoms with E-state index in [2.05, 4.69) is 39.3 Å². The highest BCUT2D eigenvalue weighted by atomic mass is 15.1. The number of nitriles is 1. The second-order valence-corrected chi connectivity index (χ2v) is 6.84. The molecular formula is C21H22N4. The van der Waals surface area contributed by atoms with Crippen LogP contribution in [0.5, 0.6) is 0 Å². The predicted molar refractivity (Wildman–Crippen MR) is 99.4 cm³/mol. The summed E-state index contributed by atoms with van der Waals surface area (Å²) in [4.78, 5) is 10.1. The summed E-state index contributed by atoms with van der Waals surface area (Å²) < 4.78 is 0. The number of fused-ring (bicyclic) bond motifs is 1. The van der Waals surface area contributed by atoms with E-state index in [-0.39, 0.29) is 0 Å². The van der Waals surface area contributed by atoms with E-state index in [4.69, 9.17) is 5.26 Å². The maximum atomic E-state index is 9.01. The Morgan fingerprint density at radius 2 is 2.12 bits per heavy atom. The van der Waals surface area contributed by atoms with Gasteiger partial charge in [-0.25, -0.2) is 0 Å². The molecule has 4 heteroatoms. The van der Waals surface area contributed by atoms with Gasteiger partial charge < -0.3 is 9.88 Å². The van der Waals surface area contributed by atoms with Crippen molar-refractivity contribution in [1.82, 2.24) is 14.9 Å². The number of pyridine rings is 1. The fourth-order valence-electron chi connectivity index (χ4n) is 3.88. The molecule has 1 N–H and O–H groups in total. The molecule has 4 nitrogen and oxygen atoms in total. The first-order valence-corrected chi connectivity index (χ1v) is 8.96. The van der Waals surface area contributed by atoms with Gasteiger partial charge in [0, 0.05) is 24.3 Å². The maximum absolute atomic E-state index is 9.01. The van der Waals surface area contributed by atoms with E-state index in [1.54, 1.807) is 0 Å². The molecule has 1 aliphatic rings.